The molecule has 6 amide bonds. The van der Waals surface area contributed by atoms with Crippen molar-refractivity contribution in [2.45, 2.75) is 96.1 Å². The van der Waals surface area contributed by atoms with E-state index in [0.29, 0.717) is 55.1 Å². The predicted molar refractivity (Wildman–Crippen MR) is 181 cm³/mol. The molecule has 2 aliphatic heterocycles. The van der Waals surface area contributed by atoms with Crippen LogP contribution in [0.4, 0.5) is 0 Å². The summed E-state index contributed by atoms with van der Waals surface area (Å²) in [4.78, 5) is 80.5. The van der Waals surface area contributed by atoms with E-state index in [1.807, 2.05) is 13.8 Å². The number of nitrogens with one attached hydrogen (secondary N) is 4. The molecule has 4 atom stereocenters. The van der Waals surface area contributed by atoms with Crippen molar-refractivity contribution in [2.75, 3.05) is 19.7 Å². The fourth-order valence-corrected chi connectivity index (χ4v) is 6.01. The van der Waals surface area contributed by atoms with Crippen LogP contribution in [0.5, 0.6) is 0 Å². The average Bonchev–Trinajstić information content (AvgIpc) is 3.75. The van der Waals surface area contributed by atoms with Gasteiger partial charge in [-0.3, -0.25) is 28.8 Å². The summed E-state index contributed by atoms with van der Waals surface area (Å²) in [6.07, 6.45) is 4.06. The van der Waals surface area contributed by atoms with E-state index in [9.17, 15) is 28.8 Å². The lowest BCUT2D eigenvalue weighted by Gasteiger charge is -2.28. The first-order chi connectivity index (χ1) is 23.9. The number of hydrogen-bond acceptors (Lipinski definition) is 9. The number of ether oxygens (including phenoxy) is 1. The summed E-state index contributed by atoms with van der Waals surface area (Å²) in [7, 11) is 0. The SMILES string of the molecule is CC(C)C[C@H](NC(=O)[C@@H]1COCc2cnnn2CCCCC(=O)NCC(=O)N2CCC[C@H]2C(=O)N[C@@H](Cc2ccc(Cl)cc2)C(=O)N1)C(N)=O. The molecule has 0 radical (unpaired) electrons. The molecule has 1 aromatic heterocycles. The summed E-state index contributed by atoms with van der Waals surface area (Å²) in [5, 5.41) is 19.3. The van der Waals surface area contributed by atoms with Gasteiger partial charge in [0.05, 0.1) is 31.6 Å². The van der Waals surface area contributed by atoms with Gasteiger partial charge >= 0.3 is 0 Å². The second kappa shape index (κ2) is 18.4. The Hall–Kier alpha value is -4.57. The monoisotopic (exact) mass is 715 g/mol. The summed E-state index contributed by atoms with van der Waals surface area (Å²) < 4.78 is 7.51. The van der Waals surface area contributed by atoms with Crippen LogP contribution in [0.2, 0.25) is 5.02 Å². The van der Waals surface area contributed by atoms with Gasteiger partial charge < -0.3 is 36.6 Å². The zero-order valence-electron chi connectivity index (χ0n) is 28.4. The van der Waals surface area contributed by atoms with Gasteiger partial charge in [0.25, 0.3) is 0 Å². The topological polar surface area (TPSA) is 220 Å². The van der Waals surface area contributed by atoms with Gasteiger partial charge in [0.2, 0.25) is 35.4 Å². The van der Waals surface area contributed by atoms with Gasteiger partial charge in [-0.15, -0.1) is 5.10 Å². The number of nitrogens with two attached hydrogens (primary N) is 1. The van der Waals surface area contributed by atoms with E-state index in [2.05, 4.69) is 31.6 Å². The molecule has 6 N–H and O–H groups in total. The van der Waals surface area contributed by atoms with E-state index in [1.54, 1.807) is 28.9 Å². The molecule has 3 heterocycles. The summed E-state index contributed by atoms with van der Waals surface area (Å²) in [6, 6.07) is 2.40. The molecule has 0 bridgehead atoms. The molecule has 272 valence electrons. The van der Waals surface area contributed by atoms with Crippen molar-refractivity contribution in [1.29, 1.82) is 0 Å². The van der Waals surface area contributed by atoms with E-state index >= 15 is 0 Å². The van der Waals surface area contributed by atoms with Gasteiger partial charge in [0, 0.05) is 31.0 Å². The molecule has 0 spiro atoms. The second-order valence-corrected chi connectivity index (χ2v) is 13.4. The van der Waals surface area contributed by atoms with Crippen molar-refractivity contribution < 1.29 is 33.5 Å². The minimum Gasteiger partial charge on any atom is -0.372 e. The van der Waals surface area contributed by atoms with Crippen molar-refractivity contribution >= 4 is 47.0 Å². The van der Waals surface area contributed by atoms with Crippen LogP contribution in [0.1, 0.15) is 63.6 Å². The average molecular weight is 716 g/mol. The Morgan fingerprint density at radius 2 is 1.82 bits per heavy atom. The fourth-order valence-electron chi connectivity index (χ4n) is 5.89. The van der Waals surface area contributed by atoms with Crippen LogP contribution in [0.3, 0.4) is 0 Å². The third-order valence-corrected chi connectivity index (χ3v) is 8.81. The quantitative estimate of drug-likeness (QED) is 0.259. The van der Waals surface area contributed by atoms with E-state index in [4.69, 9.17) is 22.1 Å². The minimum absolute atomic E-state index is 0.0110. The van der Waals surface area contributed by atoms with Crippen molar-refractivity contribution in [3.05, 3.63) is 46.7 Å². The Labute approximate surface area is 295 Å². The molecule has 2 aromatic rings. The van der Waals surface area contributed by atoms with Crippen LogP contribution < -0.4 is 27.0 Å². The standard InChI is InChI=1S/C33H46ClN9O7/c1-20(2)14-24(30(35)46)38-32(48)26-19-50-18-23-16-37-41-43(23)13-4-3-7-28(44)36-17-29(45)42-12-5-6-27(42)33(49)39-25(31(47)40-26)15-21-8-10-22(34)11-9-21/h8-11,16,20,24-27H,3-7,12-15,17-19H2,1-2H3,(H2,35,46)(H,36,44)(H,38,48)(H,39,49)(H,40,47)/t24-,25-,26-,27-/m0/s1. The summed E-state index contributed by atoms with van der Waals surface area (Å²) in [6.45, 7) is 3.94. The molecule has 0 aliphatic carbocycles. The molecule has 4 rings (SSSR count). The first-order valence-electron chi connectivity index (χ1n) is 16.9. The lowest BCUT2D eigenvalue weighted by atomic mass is 10.0. The third kappa shape index (κ3) is 11.2. The highest BCUT2D eigenvalue weighted by Gasteiger charge is 2.37. The first kappa shape index (κ1) is 38.2. The zero-order valence-corrected chi connectivity index (χ0v) is 29.1. The van der Waals surface area contributed by atoms with Crippen molar-refractivity contribution in [3.63, 3.8) is 0 Å². The third-order valence-electron chi connectivity index (χ3n) is 8.55. The molecule has 0 saturated carbocycles. The lowest BCUT2D eigenvalue weighted by Crippen LogP contribution is -2.59. The predicted octanol–water partition coefficient (Wildman–Crippen LogP) is -0.0323. The number of primary amides is 1. The normalized spacial score (nSPS) is 22.3. The summed E-state index contributed by atoms with van der Waals surface area (Å²) in [5.41, 5.74) is 6.85. The number of carbonyl (C=O) groups excluding carboxylic acids is 6. The van der Waals surface area contributed by atoms with Crippen LogP contribution in [-0.4, -0.2) is 99.2 Å². The van der Waals surface area contributed by atoms with Crippen molar-refractivity contribution in [1.82, 2.24) is 41.2 Å². The second-order valence-electron chi connectivity index (χ2n) is 13.0. The number of fused-ring (bicyclic) bond motifs is 2. The highest BCUT2D eigenvalue weighted by Crippen LogP contribution is 2.19. The Balaban J connectivity index is 1.63. The molecule has 1 aromatic carbocycles. The largest absolute Gasteiger partial charge is 0.372 e. The van der Waals surface area contributed by atoms with Crippen LogP contribution in [0.15, 0.2) is 30.5 Å². The van der Waals surface area contributed by atoms with Gasteiger partial charge in [-0.1, -0.05) is 42.8 Å². The number of nitrogens with zero attached hydrogens (tertiary/aromatic N) is 4. The number of amides is 6. The first-order valence-corrected chi connectivity index (χ1v) is 17.2. The maximum absolute atomic E-state index is 14.0. The molecule has 1 saturated heterocycles. The molecule has 2 aliphatic rings. The highest BCUT2D eigenvalue weighted by molar-refractivity contribution is 6.30. The molecule has 16 nitrogen and oxygen atoms in total. The van der Waals surface area contributed by atoms with E-state index in [0.717, 1.165) is 0 Å². The number of aromatic nitrogens is 3. The number of benzene rings is 1. The number of rotatable bonds is 7. The fraction of sp³-hybridized carbons (Fsp3) is 0.576. The Bertz CT molecular complexity index is 1520. The van der Waals surface area contributed by atoms with Gasteiger partial charge in [-0.25, -0.2) is 4.68 Å². The van der Waals surface area contributed by atoms with Crippen LogP contribution in [0, 0.1) is 5.92 Å². The summed E-state index contributed by atoms with van der Waals surface area (Å²) >= 11 is 6.07. The van der Waals surface area contributed by atoms with Crippen LogP contribution >= 0.6 is 11.6 Å². The van der Waals surface area contributed by atoms with Crippen molar-refractivity contribution in [2.24, 2.45) is 11.7 Å². The Morgan fingerprint density at radius 3 is 2.54 bits per heavy atom. The van der Waals surface area contributed by atoms with Gasteiger partial charge in [-0.2, -0.15) is 0 Å². The number of aryl methyl sites for hydroxylation is 1. The maximum Gasteiger partial charge on any atom is 0.245 e. The zero-order chi connectivity index (χ0) is 36.2. The highest BCUT2D eigenvalue weighted by atomic mass is 35.5. The van der Waals surface area contributed by atoms with E-state index < -0.39 is 53.7 Å². The smallest absolute Gasteiger partial charge is 0.245 e. The molecule has 0 unspecified atom stereocenters. The molecule has 50 heavy (non-hydrogen) atoms. The molecule has 1 fully saturated rings. The number of halogens is 1. The van der Waals surface area contributed by atoms with Gasteiger partial charge in [-0.05, 0) is 55.7 Å². The molecular weight excluding hydrogens is 670 g/mol. The van der Waals surface area contributed by atoms with E-state index in [-0.39, 0.29) is 50.8 Å². The summed E-state index contributed by atoms with van der Waals surface area (Å²) in [5.74, 6) is -3.34. The molecule has 17 heteroatoms. The Morgan fingerprint density at radius 1 is 1.06 bits per heavy atom. The van der Waals surface area contributed by atoms with E-state index in [1.165, 1.54) is 11.1 Å². The lowest BCUT2D eigenvalue weighted by molar-refractivity contribution is -0.140. The maximum atomic E-state index is 14.0. The molecular formula is C33H46ClN9O7. The number of carbonyl (C=O) groups is 6. The van der Waals surface area contributed by atoms with Crippen LogP contribution in [0.25, 0.3) is 0 Å². The van der Waals surface area contributed by atoms with Crippen LogP contribution in [-0.2, 0) is 53.1 Å². The number of hydrogen-bond donors (Lipinski definition) is 5. The van der Waals surface area contributed by atoms with Crippen molar-refractivity contribution in [3.8, 4) is 0 Å². The Kier molecular flexibility index (Phi) is 14.1. The van der Waals surface area contributed by atoms with Gasteiger partial charge in [0.1, 0.15) is 24.2 Å². The van der Waals surface area contributed by atoms with Gasteiger partial charge in [0.15, 0.2) is 0 Å². The minimum atomic E-state index is -1.29.